The van der Waals surface area contributed by atoms with Gasteiger partial charge in [0, 0.05) is 39.0 Å². The van der Waals surface area contributed by atoms with Crippen molar-refractivity contribution in [2.24, 2.45) is 0 Å². The zero-order chi connectivity index (χ0) is 21.9. The zero-order valence-corrected chi connectivity index (χ0v) is 18.8. The maximum absolute atomic E-state index is 12.6. The van der Waals surface area contributed by atoms with Crippen molar-refractivity contribution in [1.29, 1.82) is 0 Å². The van der Waals surface area contributed by atoms with E-state index in [1.807, 2.05) is 30.3 Å². The summed E-state index contributed by atoms with van der Waals surface area (Å²) in [6.45, 7) is 4.71. The number of rotatable bonds is 6. The lowest BCUT2D eigenvalue weighted by molar-refractivity contribution is -0.126. The molecule has 0 aliphatic carbocycles. The molecule has 32 heavy (non-hydrogen) atoms. The molecule has 5 rings (SSSR count). The Labute approximate surface area is 190 Å². The molecule has 170 valence electrons. The molecule has 2 saturated heterocycles. The monoisotopic (exact) mass is 435 g/mol. The van der Waals surface area contributed by atoms with Crippen LogP contribution in [0.3, 0.4) is 0 Å². The molecule has 3 aliphatic rings. The van der Waals surface area contributed by atoms with Gasteiger partial charge in [0.1, 0.15) is 17.6 Å². The number of benzene rings is 2. The second-order valence-electron chi connectivity index (χ2n) is 9.16. The molecule has 1 N–H and O–H groups in total. The van der Waals surface area contributed by atoms with E-state index in [9.17, 15) is 4.79 Å². The van der Waals surface area contributed by atoms with Crippen LogP contribution in [0.1, 0.15) is 30.4 Å². The molecule has 0 saturated carbocycles. The Morgan fingerprint density at radius 1 is 1.16 bits per heavy atom. The van der Waals surface area contributed by atoms with Crippen molar-refractivity contribution in [2.45, 2.75) is 50.4 Å². The average molecular weight is 436 g/mol. The van der Waals surface area contributed by atoms with Gasteiger partial charge in [-0.15, -0.1) is 0 Å². The smallest absolute Gasteiger partial charge is 0.237 e. The van der Waals surface area contributed by atoms with Crippen LogP contribution in [0.4, 0.5) is 0 Å². The summed E-state index contributed by atoms with van der Waals surface area (Å²) >= 11 is 0. The molecule has 2 aromatic carbocycles. The number of fused-ring (bicyclic) bond motifs is 1. The Bertz CT molecular complexity index is 927. The lowest BCUT2D eigenvalue weighted by Gasteiger charge is -2.38. The summed E-state index contributed by atoms with van der Waals surface area (Å²) < 4.78 is 11.9. The number of para-hydroxylation sites is 1. The standard InChI is InChI=1S/C26H33N3O3/c1-27-26(30)24-16-23(32-22-5-3-2-4-6-22)18-29(24)21-9-12-28(13-10-21)17-19-7-8-25-20(15-19)11-14-31-25/h2-8,15,21,23-24H,9-14,16-18H2,1H3,(H,27,30)/t23-,24-/m0/s1. The molecular weight excluding hydrogens is 402 g/mol. The number of nitrogens with one attached hydrogen (secondary N) is 1. The van der Waals surface area contributed by atoms with Crippen LogP contribution in [0.25, 0.3) is 0 Å². The summed E-state index contributed by atoms with van der Waals surface area (Å²) in [6, 6.07) is 16.9. The molecule has 0 aromatic heterocycles. The Morgan fingerprint density at radius 2 is 1.97 bits per heavy atom. The van der Waals surface area contributed by atoms with Gasteiger partial charge in [0.05, 0.1) is 12.6 Å². The summed E-state index contributed by atoms with van der Waals surface area (Å²) in [7, 11) is 1.73. The third-order valence-electron chi connectivity index (χ3n) is 7.08. The van der Waals surface area contributed by atoms with Crippen LogP contribution in [0.15, 0.2) is 48.5 Å². The first-order valence-corrected chi connectivity index (χ1v) is 11.9. The van der Waals surface area contributed by atoms with Crippen molar-refractivity contribution in [2.75, 3.05) is 33.3 Å². The second-order valence-corrected chi connectivity index (χ2v) is 9.16. The van der Waals surface area contributed by atoms with Gasteiger partial charge in [-0.05, 0) is 55.3 Å². The molecule has 2 aromatic rings. The number of piperidine rings is 1. The molecule has 1 amide bonds. The first-order valence-electron chi connectivity index (χ1n) is 11.9. The van der Waals surface area contributed by atoms with Gasteiger partial charge in [0.25, 0.3) is 0 Å². The first kappa shape index (κ1) is 21.3. The van der Waals surface area contributed by atoms with E-state index in [0.29, 0.717) is 6.04 Å². The molecule has 0 bridgehead atoms. The highest BCUT2D eigenvalue weighted by Crippen LogP contribution is 2.30. The molecule has 6 nitrogen and oxygen atoms in total. The summed E-state index contributed by atoms with van der Waals surface area (Å²) in [5.74, 6) is 2.03. The molecular formula is C26H33N3O3. The number of ether oxygens (including phenoxy) is 2. The predicted molar refractivity (Wildman–Crippen MR) is 124 cm³/mol. The molecule has 2 fully saturated rings. The van der Waals surface area contributed by atoms with Crippen molar-refractivity contribution in [1.82, 2.24) is 15.1 Å². The van der Waals surface area contributed by atoms with Crippen molar-refractivity contribution in [3.63, 3.8) is 0 Å². The lowest BCUT2D eigenvalue weighted by atomic mass is 10.0. The third kappa shape index (κ3) is 4.62. The minimum atomic E-state index is -0.109. The fourth-order valence-corrected chi connectivity index (χ4v) is 5.43. The van der Waals surface area contributed by atoms with Crippen LogP contribution < -0.4 is 14.8 Å². The fourth-order valence-electron chi connectivity index (χ4n) is 5.43. The van der Waals surface area contributed by atoms with Gasteiger partial charge < -0.3 is 14.8 Å². The van der Waals surface area contributed by atoms with E-state index in [0.717, 1.165) is 70.0 Å². The number of amides is 1. The number of nitrogens with zero attached hydrogens (tertiary/aromatic N) is 2. The van der Waals surface area contributed by atoms with Crippen LogP contribution in [-0.2, 0) is 17.8 Å². The largest absolute Gasteiger partial charge is 0.493 e. The Balaban J connectivity index is 1.19. The summed E-state index contributed by atoms with van der Waals surface area (Å²) in [5.41, 5.74) is 2.71. The molecule has 3 aliphatic heterocycles. The average Bonchev–Trinajstić information content (AvgIpc) is 3.46. The molecule has 3 heterocycles. The van der Waals surface area contributed by atoms with Crippen LogP contribution in [-0.4, -0.2) is 67.2 Å². The molecule has 2 atom stereocenters. The van der Waals surface area contributed by atoms with E-state index in [1.54, 1.807) is 7.05 Å². The number of hydrogen-bond acceptors (Lipinski definition) is 5. The number of hydrogen-bond donors (Lipinski definition) is 1. The van der Waals surface area contributed by atoms with Crippen molar-refractivity contribution in [3.05, 3.63) is 59.7 Å². The van der Waals surface area contributed by atoms with Gasteiger partial charge in [-0.25, -0.2) is 0 Å². The normalized spacial score (nSPS) is 24.2. The highest BCUT2D eigenvalue weighted by Gasteiger charge is 2.41. The van der Waals surface area contributed by atoms with E-state index in [2.05, 4.69) is 33.3 Å². The van der Waals surface area contributed by atoms with Gasteiger partial charge in [0.15, 0.2) is 0 Å². The topological polar surface area (TPSA) is 54.0 Å². The second kappa shape index (κ2) is 9.51. The van der Waals surface area contributed by atoms with Crippen LogP contribution >= 0.6 is 0 Å². The SMILES string of the molecule is CNC(=O)[C@@H]1C[C@H](Oc2ccccc2)CN1C1CCN(Cc2ccc3c(c2)CCO3)CC1. The van der Waals surface area contributed by atoms with Crippen molar-refractivity contribution < 1.29 is 14.3 Å². The third-order valence-corrected chi connectivity index (χ3v) is 7.08. The van der Waals surface area contributed by atoms with E-state index in [1.165, 1.54) is 11.1 Å². The van der Waals surface area contributed by atoms with Gasteiger partial charge >= 0.3 is 0 Å². The minimum Gasteiger partial charge on any atom is -0.493 e. The fraction of sp³-hybridized carbons (Fsp3) is 0.500. The van der Waals surface area contributed by atoms with E-state index < -0.39 is 0 Å². The van der Waals surface area contributed by atoms with Gasteiger partial charge in [0.2, 0.25) is 5.91 Å². The van der Waals surface area contributed by atoms with E-state index in [-0.39, 0.29) is 18.1 Å². The van der Waals surface area contributed by atoms with E-state index in [4.69, 9.17) is 9.47 Å². The number of likely N-dealkylation sites (tertiary alicyclic amines) is 2. The Hall–Kier alpha value is -2.57. The maximum atomic E-state index is 12.6. The molecule has 6 heteroatoms. The summed E-state index contributed by atoms with van der Waals surface area (Å²) in [4.78, 5) is 17.6. The van der Waals surface area contributed by atoms with E-state index >= 15 is 0 Å². The summed E-state index contributed by atoms with van der Waals surface area (Å²) in [5, 5.41) is 2.87. The predicted octanol–water partition coefficient (Wildman–Crippen LogP) is 2.85. The maximum Gasteiger partial charge on any atom is 0.237 e. The highest BCUT2D eigenvalue weighted by atomic mass is 16.5. The van der Waals surface area contributed by atoms with Gasteiger partial charge in [-0.2, -0.15) is 0 Å². The van der Waals surface area contributed by atoms with Crippen LogP contribution in [0.2, 0.25) is 0 Å². The number of carbonyl (C=O) groups is 1. The van der Waals surface area contributed by atoms with Crippen molar-refractivity contribution in [3.8, 4) is 11.5 Å². The lowest BCUT2D eigenvalue weighted by Crippen LogP contribution is -2.50. The number of likely N-dealkylation sites (N-methyl/N-ethyl adjacent to an activating group) is 1. The van der Waals surface area contributed by atoms with Gasteiger partial charge in [-0.3, -0.25) is 14.6 Å². The molecule has 0 spiro atoms. The Kier molecular flexibility index (Phi) is 6.32. The van der Waals surface area contributed by atoms with Crippen molar-refractivity contribution >= 4 is 5.91 Å². The quantitative estimate of drug-likeness (QED) is 0.756. The molecule has 0 unspecified atom stereocenters. The van der Waals surface area contributed by atoms with Crippen LogP contribution in [0, 0.1) is 0 Å². The minimum absolute atomic E-state index is 0.0476. The number of carbonyl (C=O) groups excluding carboxylic acids is 1. The van der Waals surface area contributed by atoms with Crippen LogP contribution in [0.5, 0.6) is 11.5 Å². The Morgan fingerprint density at radius 3 is 2.75 bits per heavy atom. The highest BCUT2D eigenvalue weighted by molar-refractivity contribution is 5.82. The first-order chi connectivity index (χ1) is 15.7. The summed E-state index contributed by atoms with van der Waals surface area (Å²) in [6.07, 6.45) is 3.98. The van der Waals surface area contributed by atoms with Gasteiger partial charge in [-0.1, -0.05) is 30.3 Å². The molecule has 0 radical (unpaired) electrons. The zero-order valence-electron chi connectivity index (χ0n) is 18.8.